The highest BCUT2D eigenvalue weighted by Crippen LogP contribution is 2.31. The second-order valence-electron chi connectivity index (χ2n) is 4.19. The Morgan fingerprint density at radius 3 is 1.48 bits per heavy atom. The maximum atomic E-state index is 3.27. The van der Waals surface area contributed by atoms with E-state index in [4.69, 9.17) is 0 Å². The molecule has 0 fully saturated rings. The van der Waals surface area contributed by atoms with E-state index in [9.17, 15) is 0 Å². The third-order valence-corrected chi connectivity index (χ3v) is 5.28. The van der Waals surface area contributed by atoms with Gasteiger partial charge in [0.1, 0.15) is 0 Å². The maximum Gasteiger partial charge on any atom is 0.0348 e. The van der Waals surface area contributed by atoms with Gasteiger partial charge in [-0.2, -0.15) is 0 Å². The first-order valence-electron chi connectivity index (χ1n) is 8.24. The van der Waals surface area contributed by atoms with Gasteiger partial charge in [0, 0.05) is 5.30 Å². The Balaban J connectivity index is 0.000000615. The summed E-state index contributed by atoms with van der Waals surface area (Å²) in [4.78, 5) is 0. The van der Waals surface area contributed by atoms with Crippen LogP contribution >= 0.6 is 7.92 Å². The summed E-state index contributed by atoms with van der Waals surface area (Å²) in [6.45, 7) is 8.00. The van der Waals surface area contributed by atoms with Crippen LogP contribution in [0, 0.1) is 12.1 Å². The largest absolute Gasteiger partial charge is 0.0696 e. The summed E-state index contributed by atoms with van der Waals surface area (Å²) in [5, 5.41) is 3.91. The van der Waals surface area contributed by atoms with Crippen LogP contribution in [-0.4, -0.2) is 0 Å². The van der Waals surface area contributed by atoms with Crippen molar-refractivity contribution in [3.63, 3.8) is 0 Å². The molecule has 0 aliphatic carbocycles. The van der Waals surface area contributed by atoms with Crippen molar-refractivity contribution in [1.82, 2.24) is 0 Å². The highest BCUT2D eigenvalue weighted by atomic mass is 31.1. The SMILES string of the molecule is CC.CC.c1cccc(P(c2ccccc2)c2ccccc2)c#1. The Labute approximate surface area is 143 Å². The molecule has 0 saturated heterocycles. The van der Waals surface area contributed by atoms with Gasteiger partial charge in [-0.3, -0.25) is 0 Å². The molecule has 0 radical (unpaired) electrons. The standard InChI is InChI=1S/C18H13P.2C2H6/c1-4-10-16(11-5-1)19(17-12-6-2-7-13-17)18-14-8-3-9-15-18;2*1-2/h1-8,10-14H;2*1-2H3. The van der Waals surface area contributed by atoms with Crippen LogP contribution in [0.5, 0.6) is 0 Å². The first-order chi connectivity index (χ1) is 11.4. The highest BCUT2D eigenvalue weighted by molar-refractivity contribution is 7.79. The molecule has 0 amide bonds. The van der Waals surface area contributed by atoms with Crippen molar-refractivity contribution in [2.75, 3.05) is 0 Å². The third-order valence-electron chi connectivity index (χ3n) is 2.90. The van der Waals surface area contributed by atoms with E-state index in [-0.39, 0.29) is 0 Å². The minimum atomic E-state index is -0.533. The molecule has 0 saturated carbocycles. The maximum absolute atomic E-state index is 3.27. The predicted molar refractivity (Wildman–Crippen MR) is 106 cm³/mol. The van der Waals surface area contributed by atoms with E-state index >= 15 is 0 Å². The molecule has 0 unspecified atom stereocenters. The topological polar surface area (TPSA) is 0 Å². The van der Waals surface area contributed by atoms with Gasteiger partial charge in [-0.05, 0) is 30.7 Å². The van der Waals surface area contributed by atoms with Crippen molar-refractivity contribution in [3.8, 4) is 0 Å². The Bertz CT molecular complexity index is 524. The number of hydrogen-bond acceptors (Lipinski definition) is 0. The molecule has 3 aromatic rings. The Hall–Kier alpha value is -2.09. The van der Waals surface area contributed by atoms with Crippen LogP contribution in [-0.2, 0) is 0 Å². The van der Waals surface area contributed by atoms with Crippen molar-refractivity contribution in [2.45, 2.75) is 27.7 Å². The zero-order valence-electron chi connectivity index (χ0n) is 14.5. The van der Waals surface area contributed by atoms with Crippen LogP contribution in [0.3, 0.4) is 0 Å². The number of hydrogen-bond donors (Lipinski definition) is 0. The molecule has 1 heteroatoms. The van der Waals surface area contributed by atoms with Gasteiger partial charge < -0.3 is 0 Å². The normalized spacial score (nSPS) is 8.91. The molecule has 0 aliphatic rings. The predicted octanol–water partition coefficient (Wildman–Crippen LogP) is 5.10. The van der Waals surface area contributed by atoms with E-state index in [2.05, 4.69) is 78.9 Å². The molecule has 0 aliphatic heterocycles. The number of rotatable bonds is 3. The van der Waals surface area contributed by atoms with Crippen LogP contribution in [0.2, 0.25) is 0 Å². The van der Waals surface area contributed by atoms with E-state index in [1.54, 1.807) is 0 Å². The molecule has 23 heavy (non-hydrogen) atoms. The molecule has 0 nitrogen and oxygen atoms in total. The summed E-state index contributed by atoms with van der Waals surface area (Å²) >= 11 is 0. The van der Waals surface area contributed by atoms with Gasteiger partial charge in [-0.15, -0.1) is 0 Å². The average Bonchev–Trinajstić information content (AvgIpc) is 2.68. The number of benzene rings is 2. The molecule has 3 rings (SSSR count). The summed E-state index contributed by atoms with van der Waals surface area (Å²) in [5.74, 6) is 0. The van der Waals surface area contributed by atoms with Gasteiger partial charge >= 0.3 is 0 Å². The van der Waals surface area contributed by atoms with E-state index in [1.165, 1.54) is 15.9 Å². The van der Waals surface area contributed by atoms with E-state index < -0.39 is 7.92 Å². The smallest absolute Gasteiger partial charge is 0.0348 e. The van der Waals surface area contributed by atoms with Gasteiger partial charge in [-0.1, -0.05) is 107 Å². The molecule has 0 bridgehead atoms. The molecule has 0 atom stereocenters. The zero-order valence-corrected chi connectivity index (χ0v) is 15.3. The van der Waals surface area contributed by atoms with Gasteiger partial charge in [0.25, 0.3) is 0 Å². The van der Waals surface area contributed by atoms with Gasteiger partial charge in [-0.25, -0.2) is 0 Å². The minimum absolute atomic E-state index is 0.533. The molecule has 0 heterocycles. The molecular weight excluding hydrogens is 295 g/mol. The molecular formula is C22H25P. The van der Waals surface area contributed by atoms with Crippen molar-refractivity contribution in [3.05, 3.63) is 91.0 Å². The van der Waals surface area contributed by atoms with Crippen molar-refractivity contribution >= 4 is 23.8 Å². The highest BCUT2D eigenvalue weighted by Gasteiger charge is 2.15. The summed E-state index contributed by atoms with van der Waals surface area (Å²) in [6, 6.07) is 33.7. The lowest BCUT2D eigenvalue weighted by Crippen LogP contribution is -2.19. The van der Waals surface area contributed by atoms with E-state index in [1.807, 2.05) is 39.8 Å². The monoisotopic (exact) mass is 320 g/mol. The lowest BCUT2D eigenvalue weighted by molar-refractivity contribution is 1.50. The Morgan fingerprint density at radius 2 is 1.09 bits per heavy atom. The summed E-state index contributed by atoms with van der Waals surface area (Å²) in [7, 11) is -0.533. The fraction of sp³-hybridized carbons (Fsp3) is 0.182. The summed E-state index contributed by atoms with van der Waals surface area (Å²) in [5.41, 5.74) is 0. The quantitative estimate of drug-likeness (QED) is 0.589. The van der Waals surface area contributed by atoms with Crippen LogP contribution in [0.4, 0.5) is 0 Å². The van der Waals surface area contributed by atoms with E-state index in [0.29, 0.717) is 0 Å². The van der Waals surface area contributed by atoms with Gasteiger partial charge in [0.05, 0.1) is 0 Å². The van der Waals surface area contributed by atoms with Crippen LogP contribution in [0.25, 0.3) is 0 Å². The lowest BCUT2D eigenvalue weighted by atomic mass is 10.4. The van der Waals surface area contributed by atoms with Crippen molar-refractivity contribution in [1.29, 1.82) is 0 Å². The van der Waals surface area contributed by atoms with Gasteiger partial charge in [0.2, 0.25) is 0 Å². The van der Waals surface area contributed by atoms with Gasteiger partial charge in [0.15, 0.2) is 0 Å². The summed E-state index contributed by atoms with van der Waals surface area (Å²) in [6.07, 6.45) is 0. The van der Waals surface area contributed by atoms with Crippen molar-refractivity contribution in [2.24, 2.45) is 0 Å². The van der Waals surface area contributed by atoms with Crippen LogP contribution in [0.1, 0.15) is 27.7 Å². The zero-order chi connectivity index (χ0) is 16.9. The molecule has 0 spiro atoms. The van der Waals surface area contributed by atoms with Crippen LogP contribution < -0.4 is 15.9 Å². The fourth-order valence-electron chi connectivity index (χ4n) is 2.06. The second-order valence-corrected chi connectivity index (χ2v) is 6.37. The second kappa shape index (κ2) is 11.5. The molecule has 3 aromatic carbocycles. The average molecular weight is 320 g/mol. The first-order valence-corrected chi connectivity index (χ1v) is 9.58. The van der Waals surface area contributed by atoms with Crippen LogP contribution in [0.15, 0.2) is 78.9 Å². The molecule has 118 valence electrons. The summed E-state index contributed by atoms with van der Waals surface area (Å²) < 4.78 is 0. The lowest BCUT2D eigenvalue weighted by Gasteiger charge is -2.17. The third kappa shape index (κ3) is 5.55. The fourth-order valence-corrected chi connectivity index (χ4v) is 4.26. The Kier molecular flexibility index (Phi) is 9.46. The Morgan fingerprint density at radius 1 is 0.609 bits per heavy atom. The molecule has 0 aromatic heterocycles. The van der Waals surface area contributed by atoms with E-state index in [0.717, 1.165) is 0 Å². The minimum Gasteiger partial charge on any atom is -0.0696 e. The van der Waals surface area contributed by atoms with Crippen molar-refractivity contribution < 1.29 is 0 Å². The first kappa shape index (κ1) is 19.0. The molecule has 0 N–H and O–H groups in total.